The van der Waals surface area contributed by atoms with Gasteiger partial charge in [0.1, 0.15) is 0 Å². The van der Waals surface area contributed by atoms with Gasteiger partial charge in [-0.25, -0.2) is 4.79 Å². The minimum atomic E-state index is 0.271. The molecule has 0 unspecified atom stereocenters. The Labute approximate surface area is 134 Å². The summed E-state index contributed by atoms with van der Waals surface area (Å²) in [7, 11) is 0. The predicted molar refractivity (Wildman–Crippen MR) is 86.4 cm³/mol. The van der Waals surface area contributed by atoms with Crippen molar-refractivity contribution in [3.05, 3.63) is 0 Å². The Bertz CT molecular complexity index is 428. The van der Waals surface area contributed by atoms with Gasteiger partial charge in [-0.1, -0.05) is 19.3 Å². The molecule has 0 aromatic carbocycles. The van der Waals surface area contributed by atoms with E-state index in [1.165, 1.54) is 64.2 Å². The van der Waals surface area contributed by atoms with Crippen molar-refractivity contribution in [3.63, 3.8) is 0 Å². The van der Waals surface area contributed by atoms with Crippen LogP contribution in [-0.2, 0) is 0 Å². The van der Waals surface area contributed by atoms with Gasteiger partial charge < -0.3 is 10.2 Å². The van der Waals surface area contributed by atoms with E-state index in [9.17, 15) is 4.79 Å². The Morgan fingerprint density at radius 1 is 0.818 bits per heavy atom. The van der Waals surface area contributed by atoms with Crippen molar-refractivity contribution in [1.29, 1.82) is 0 Å². The first-order valence-electron chi connectivity index (χ1n) is 9.85. The summed E-state index contributed by atoms with van der Waals surface area (Å²) < 4.78 is 0. The van der Waals surface area contributed by atoms with Gasteiger partial charge in [0, 0.05) is 12.6 Å². The van der Waals surface area contributed by atoms with E-state index in [1.807, 2.05) is 0 Å². The van der Waals surface area contributed by atoms with Crippen LogP contribution in [0.15, 0.2) is 0 Å². The van der Waals surface area contributed by atoms with E-state index in [0.29, 0.717) is 12.1 Å². The second-order valence-corrected chi connectivity index (χ2v) is 9.03. The van der Waals surface area contributed by atoms with Crippen molar-refractivity contribution in [2.75, 3.05) is 6.54 Å². The molecule has 0 aromatic heterocycles. The molecule has 6 rings (SSSR count). The summed E-state index contributed by atoms with van der Waals surface area (Å²) in [5.41, 5.74) is 0. The van der Waals surface area contributed by atoms with Crippen LogP contribution in [0.2, 0.25) is 0 Å². The number of rotatable bonds is 2. The summed E-state index contributed by atoms with van der Waals surface area (Å²) in [6.45, 7) is 1.01. The molecule has 1 atom stereocenters. The SMILES string of the molecule is O=C1N[C@H](C2CCCCC2)CN1C1C2CC3CC(C2)CC1C3. The van der Waals surface area contributed by atoms with Crippen LogP contribution in [0.25, 0.3) is 0 Å². The zero-order chi connectivity index (χ0) is 14.7. The topological polar surface area (TPSA) is 32.3 Å². The van der Waals surface area contributed by atoms with Crippen molar-refractivity contribution in [2.45, 2.75) is 76.3 Å². The number of amides is 2. The highest BCUT2D eigenvalue weighted by Gasteiger charge is 2.52. The van der Waals surface area contributed by atoms with Gasteiger partial charge in [-0.15, -0.1) is 0 Å². The predicted octanol–water partition coefficient (Wildman–Crippen LogP) is 3.79. The molecule has 1 heterocycles. The molecule has 1 N–H and O–H groups in total. The standard InChI is InChI=1S/C19H30N2O/c22-19-20-17(14-4-2-1-3-5-14)11-21(19)18-15-7-12-6-13(9-15)10-16(18)8-12/h12-18H,1-11H2,(H,20,22)/t12?,13?,15?,16?,17-,18?/m0/s1. The lowest BCUT2D eigenvalue weighted by Gasteiger charge is -2.56. The van der Waals surface area contributed by atoms with Crippen molar-refractivity contribution >= 4 is 6.03 Å². The molecule has 5 saturated carbocycles. The molecule has 5 aliphatic carbocycles. The normalized spacial score (nSPS) is 48.0. The van der Waals surface area contributed by atoms with E-state index >= 15 is 0 Å². The molecule has 0 radical (unpaired) electrons. The van der Waals surface area contributed by atoms with Gasteiger partial charge in [0.05, 0.1) is 6.04 Å². The third kappa shape index (κ3) is 2.11. The Balaban J connectivity index is 1.32. The summed E-state index contributed by atoms with van der Waals surface area (Å²) in [4.78, 5) is 15.0. The van der Waals surface area contributed by atoms with E-state index < -0.39 is 0 Å². The minimum Gasteiger partial charge on any atom is -0.333 e. The number of hydrogen-bond acceptors (Lipinski definition) is 1. The highest BCUT2D eigenvalue weighted by molar-refractivity contribution is 5.77. The molecule has 2 amide bonds. The van der Waals surface area contributed by atoms with Crippen LogP contribution in [0.5, 0.6) is 0 Å². The van der Waals surface area contributed by atoms with Crippen LogP contribution >= 0.6 is 0 Å². The first kappa shape index (κ1) is 13.7. The Hall–Kier alpha value is -0.730. The van der Waals surface area contributed by atoms with Gasteiger partial charge in [0.15, 0.2) is 0 Å². The highest BCUT2D eigenvalue weighted by Crippen LogP contribution is 2.55. The van der Waals surface area contributed by atoms with Crippen LogP contribution in [0, 0.1) is 29.6 Å². The Morgan fingerprint density at radius 3 is 2.09 bits per heavy atom. The number of urea groups is 1. The summed E-state index contributed by atoms with van der Waals surface area (Å²) in [6, 6.07) is 1.31. The number of carbonyl (C=O) groups is 1. The first-order chi connectivity index (χ1) is 10.8. The number of nitrogens with zero attached hydrogens (tertiary/aromatic N) is 1. The molecule has 4 bridgehead atoms. The van der Waals surface area contributed by atoms with Crippen LogP contribution in [0.3, 0.4) is 0 Å². The monoisotopic (exact) mass is 302 g/mol. The molecule has 0 aromatic rings. The fourth-order valence-corrected chi connectivity index (χ4v) is 7.05. The summed E-state index contributed by atoms with van der Waals surface area (Å²) in [5, 5.41) is 3.37. The van der Waals surface area contributed by atoms with Gasteiger partial charge in [-0.3, -0.25) is 0 Å². The van der Waals surface area contributed by atoms with E-state index in [-0.39, 0.29) is 6.03 Å². The molecular formula is C19H30N2O. The van der Waals surface area contributed by atoms with E-state index in [1.54, 1.807) is 0 Å². The molecular weight excluding hydrogens is 272 g/mol. The molecule has 0 spiro atoms. The fourth-order valence-electron chi connectivity index (χ4n) is 7.05. The molecule has 122 valence electrons. The number of nitrogens with one attached hydrogen (secondary N) is 1. The quantitative estimate of drug-likeness (QED) is 0.827. The van der Waals surface area contributed by atoms with Crippen molar-refractivity contribution in [2.24, 2.45) is 29.6 Å². The third-order valence-corrected chi connectivity index (χ3v) is 7.72. The Kier molecular flexibility index (Phi) is 3.20. The average molecular weight is 302 g/mol. The van der Waals surface area contributed by atoms with Gasteiger partial charge in [0.25, 0.3) is 0 Å². The maximum absolute atomic E-state index is 12.7. The summed E-state index contributed by atoms with van der Waals surface area (Å²) in [5.74, 6) is 4.40. The van der Waals surface area contributed by atoms with Crippen LogP contribution in [-0.4, -0.2) is 29.6 Å². The number of hydrogen-bond donors (Lipinski definition) is 1. The lowest BCUT2D eigenvalue weighted by atomic mass is 9.54. The van der Waals surface area contributed by atoms with Crippen molar-refractivity contribution in [3.8, 4) is 0 Å². The average Bonchev–Trinajstić information content (AvgIpc) is 2.89. The highest BCUT2D eigenvalue weighted by atomic mass is 16.2. The van der Waals surface area contributed by atoms with Crippen molar-refractivity contribution in [1.82, 2.24) is 10.2 Å². The van der Waals surface area contributed by atoms with Gasteiger partial charge in [-0.05, 0) is 74.5 Å². The molecule has 3 heteroatoms. The molecule has 3 nitrogen and oxygen atoms in total. The second kappa shape index (κ2) is 5.14. The second-order valence-electron chi connectivity index (χ2n) is 9.03. The smallest absolute Gasteiger partial charge is 0.318 e. The van der Waals surface area contributed by atoms with Gasteiger partial charge in [-0.2, -0.15) is 0 Å². The molecule has 22 heavy (non-hydrogen) atoms. The lowest BCUT2D eigenvalue weighted by molar-refractivity contribution is -0.0476. The molecule has 6 fully saturated rings. The fraction of sp³-hybridized carbons (Fsp3) is 0.947. The van der Waals surface area contributed by atoms with E-state index in [4.69, 9.17) is 0 Å². The van der Waals surface area contributed by atoms with Crippen LogP contribution in [0.4, 0.5) is 4.79 Å². The third-order valence-electron chi connectivity index (χ3n) is 7.72. The zero-order valence-corrected chi connectivity index (χ0v) is 13.7. The van der Waals surface area contributed by atoms with Gasteiger partial charge in [0.2, 0.25) is 0 Å². The van der Waals surface area contributed by atoms with Gasteiger partial charge >= 0.3 is 6.03 Å². The largest absolute Gasteiger partial charge is 0.333 e. The molecule has 6 aliphatic rings. The summed E-state index contributed by atoms with van der Waals surface area (Å²) >= 11 is 0. The van der Waals surface area contributed by atoms with E-state index in [2.05, 4.69) is 10.2 Å². The minimum absolute atomic E-state index is 0.271. The maximum Gasteiger partial charge on any atom is 0.318 e. The summed E-state index contributed by atoms with van der Waals surface area (Å²) in [6.07, 6.45) is 14.0. The lowest BCUT2D eigenvalue weighted by Crippen LogP contribution is -2.56. The van der Waals surface area contributed by atoms with Crippen LogP contribution in [0.1, 0.15) is 64.2 Å². The molecule has 1 aliphatic heterocycles. The van der Waals surface area contributed by atoms with Crippen LogP contribution < -0.4 is 5.32 Å². The first-order valence-corrected chi connectivity index (χ1v) is 9.85. The maximum atomic E-state index is 12.7. The zero-order valence-electron chi connectivity index (χ0n) is 13.7. The van der Waals surface area contributed by atoms with Crippen molar-refractivity contribution < 1.29 is 4.79 Å². The Morgan fingerprint density at radius 2 is 1.45 bits per heavy atom. The number of carbonyl (C=O) groups excluding carboxylic acids is 1. The molecule has 1 saturated heterocycles. The van der Waals surface area contributed by atoms with E-state index in [0.717, 1.165) is 36.1 Å².